The molecule has 0 radical (unpaired) electrons. The van der Waals surface area contributed by atoms with Crippen molar-refractivity contribution in [2.45, 2.75) is 5.60 Å². The number of fused-ring (bicyclic) bond motifs is 1. The predicted octanol–water partition coefficient (Wildman–Crippen LogP) is 4.42. The molecule has 0 spiro atoms. The van der Waals surface area contributed by atoms with E-state index in [-0.39, 0.29) is 5.75 Å². The molecule has 4 heteroatoms. The molecule has 28 heavy (non-hydrogen) atoms. The topological polar surface area (TPSA) is 69.6 Å². The molecule has 0 atom stereocenters. The SMILES string of the molecule is O=C(Nc1cccc2c(O)cccc12)C(O)(c1ccccc1)c1ccccc1. The highest BCUT2D eigenvalue weighted by molar-refractivity contribution is 6.07. The molecule has 0 heterocycles. The van der Waals surface area contributed by atoms with Gasteiger partial charge in [-0.15, -0.1) is 0 Å². The summed E-state index contributed by atoms with van der Waals surface area (Å²) in [7, 11) is 0. The third kappa shape index (κ3) is 3.00. The molecule has 0 saturated carbocycles. The van der Waals surface area contributed by atoms with Crippen LogP contribution in [0.25, 0.3) is 10.8 Å². The number of rotatable bonds is 4. The number of hydrogen-bond acceptors (Lipinski definition) is 3. The van der Waals surface area contributed by atoms with Gasteiger partial charge in [0.2, 0.25) is 0 Å². The van der Waals surface area contributed by atoms with Crippen molar-refractivity contribution in [1.82, 2.24) is 0 Å². The van der Waals surface area contributed by atoms with Crippen molar-refractivity contribution in [2.24, 2.45) is 0 Å². The number of nitrogens with one attached hydrogen (secondary N) is 1. The number of hydrogen-bond donors (Lipinski definition) is 3. The van der Waals surface area contributed by atoms with Gasteiger partial charge in [0, 0.05) is 16.5 Å². The second kappa shape index (κ2) is 7.18. The van der Waals surface area contributed by atoms with Gasteiger partial charge in [-0.1, -0.05) is 84.9 Å². The van der Waals surface area contributed by atoms with E-state index in [1.165, 1.54) is 0 Å². The lowest BCUT2D eigenvalue weighted by Crippen LogP contribution is -2.41. The standard InChI is InChI=1S/C24H19NO3/c26-22-16-8-13-19-20(22)14-7-15-21(19)25-23(27)24(28,17-9-3-1-4-10-17)18-11-5-2-6-12-18/h1-16,26,28H,(H,25,27). The van der Waals surface area contributed by atoms with Crippen LogP contribution in [-0.2, 0) is 10.4 Å². The summed E-state index contributed by atoms with van der Waals surface area (Å²) >= 11 is 0. The molecule has 0 aliphatic heterocycles. The molecule has 138 valence electrons. The van der Waals surface area contributed by atoms with E-state index in [4.69, 9.17) is 0 Å². The van der Waals surface area contributed by atoms with Crippen molar-refractivity contribution >= 4 is 22.4 Å². The van der Waals surface area contributed by atoms with E-state index in [9.17, 15) is 15.0 Å². The smallest absolute Gasteiger partial charge is 0.265 e. The van der Waals surface area contributed by atoms with E-state index in [0.717, 1.165) is 0 Å². The summed E-state index contributed by atoms with van der Waals surface area (Å²) in [6.45, 7) is 0. The summed E-state index contributed by atoms with van der Waals surface area (Å²) in [5, 5.41) is 25.8. The molecule has 0 saturated heterocycles. The summed E-state index contributed by atoms with van der Waals surface area (Å²) in [4.78, 5) is 13.3. The first kappa shape index (κ1) is 17.8. The molecule has 0 fully saturated rings. The normalized spacial score (nSPS) is 11.3. The zero-order chi connectivity index (χ0) is 19.6. The number of carbonyl (C=O) groups excluding carboxylic acids is 1. The Morgan fingerprint density at radius 2 is 1.21 bits per heavy atom. The Hall–Kier alpha value is -3.63. The Morgan fingerprint density at radius 1 is 0.679 bits per heavy atom. The van der Waals surface area contributed by atoms with Crippen molar-refractivity contribution in [3.8, 4) is 5.75 Å². The number of phenols is 1. The molecule has 4 aromatic rings. The molecular formula is C24H19NO3. The highest BCUT2D eigenvalue weighted by Gasteiger charge is 2.40. The molecule has 0 aliphatic carbocycles. The van der Waals surface area contributed by atoms with Crippen LogP contribution in [0.2, 0.25) is 0 Å². The number of aromatic hydroxyl groups is 1. The second-order valence-corrected chi connectivity index (χ2v) is 6.57. The van der Waals surface area contributed by atoms with Gasteiger partial charge < -0.3 is 15.5 Å². The number of amides is 1. The summed E-state index contributed by atoms with van der Waals surface area (Å²) in [6.07, 6.45) is 0. The largest absolute Gasteiger partial charge is 0.507 e. The van der Waals surface area contributed by atoms with Crippen LogP contribution in [0, 0.1) is 0 Å². The Morgan fingerprint density at radius 3 is 1.82 bits per heavy atom. The van der Waals surface area contributed by atoms with Crippen LogP contribution < -0.4 is 5.32 Å². The molecule has 1 amide bonds. The lowest BCUT2D eigenvalue weighted by Gasteiger charge is -2.28. The Balaban J connectivity index is 1.81. The first-order chi connectivity index (χ1) is 13.6. The highest BCUT2D eigenvalue weighted by atomic mass is 16.3. The van der Waals surface area contributed by atoms with E-state index in [1.807, 2.05) is 18.2 Å². The third-order valence-corrected chi connectivity index (χ3v) is 4.86. The van der Waals surface area contributed by atoms with Crippen LogP contribution in [0.1, 0.15) is 11.1 Å². The monoisotopic (exact) mass is 369 g/mol. The van der Waals surface area contributed by atoms with Gasteiger partial charge in [-0.25, -0.2) is 0 Å². The molecule has 4 rings (SSSR count). The average Bonchev–Trinajstić information content (AvgIpc) is 2.75. The summed E-state index contributed by atoms with van der Waals surface area (Å²) in [5.74, 6) is -0.435. The average molecular weight is 369 g/mol. The maximum absolute atomic E-state index is 13.3. The van der Waals surface area contributed by atoms with Gasteiger partial charge in [0.1, 0.15) is 5.75 Å². The molecule has 4 nitrogen and oxygen atoms in total. The van der Waals surface area contributed by atoms with Gasteiger partial charge in [0.05, 0.1) is 0 Å². The minimum Gasteiger partial charge on any atom is -0.507 e. The van der Waals surface area contributed by atoms with Crippen molar-refractivity contribution in [3.63, 3.8) is 0 Å². The zero-order valence-electron chi connectivity index (χ0n) is 15.0. The van der Waals surface area contributed by atoms with Crippen LogP contribution in [0.5, 0.6) is 5.75 Å². The lowest BCUT2D eigenvalue weighted by atomic mass is 9.85. The van der Waals surface area contributed by atoms with Crippen LogP contribution in [-0.4, -0.2) is 16.1 Å². The Kier molecular flexibility index (Phi) is 4.55. The molecular weight excluding hydrogens is 350 g/mol. The van der Waals surface area contributed by atoms with Crippen LogP contribution in [0.15, 0.2) is 97.1 Å². The van der Waals surface area contributed by atoms with E-state index < -0.39 is 11.5 Å². The Labute approximate surface area is 162 Å². The fourth-order valence-corrected chi connectivity index (χ4v) is 3.40. The molecule has 4 aromatic carbocycles. The van der Waals surface area contributed by atoms with Gasteiger partial charge in [-0.2, -0.15) is 0 Å². The van der Waals surface area contributed by atoms with Gasteiger partial charge in [0.15, 0.2) is 5.60 Å². The van der Waals surface area contributed by atoms with E-state index in [2.05, 4.69) is 5.32 Å². The maximum atomic E-state index is 13.3. The van der Waals surface area contributed by atoms with Crippen molar-refractivity contribution in [3.05, 3.63) is 108 Å². The molecule has 0 aliphatic rings. The second-order valence-electron chi connectivity index (χ2n) is 6.57. The number of anilines is 1. The quantitative estimate of drug-likeness (QED) is 0.499. The number of aliphatic hydroxyl groups is 1. The number of benzene rings is 4. The fourth-order valence-electron chi connectivity index (χ4n) is 3.40. The van der Waals surface area contributed by atoms with E-state index in [1.54, 1.807) is 78.9 Å². The molecule has 3 N–H and O–H groups in total. The van der Waals surface area contributed by atoms with Gasteiger partial charge in [0.25, 0.3) is 5.91 Å². The first-order valence-electron chi connectivity index (χ1n) is 8.96. The highest BCUT2D eigenvalue weighted by Crippen LogP contribution is 2.34. The van der Waals surface area contributed by atoms with Crippen LogP contribution in [0.3, 0.4) is 0 Å². The molecule has 0 bridgehead atoms. The number of phenolic OH excluding ortho intramolecular Hbond substituents is 1. The summed E-state index contributed by atoms with van der Waals surface area (Å²) in [6, 6.07) is 28.1. The summed E-state index contributed by atoms with van der Waals surface area (Å²) < 4.78 is 0. The van der Waals surface area contributed by atoms with Crippen molar-refractivity contribution < 1.29 is 15.0 Å². The van der Waals surface area contributed by atoms with Crippen LogP contribution >= 0.6 is 0 Å². The fraction of sp³-hybridized carbons (Fsp3) is 0.0417. The Bertz CT molecular complexity index is 1080. The van der Waals surface area contributed by atoms with Crippen LogP contribution in [0.4, 0.5) is 5.69 Å². The first-order valence-corrected chi connectivity index (χ1v) is 8.96. The minimum atomic E-state index is -1.86. The van der Waals surface area contributed by atoms with Crippen molar-refractivity contribution in [1.29, 1.82) is 0 Å². The number of carbonyl (C=O) groups is 1. The summed E-state index contributed by atoms with van der Waals surface area (Å²) in [5.41, 5.74) is -0.395. The van der Waals surface area contributed by atoms with Crippen molar-refractivity contribution in [2.75, 3.05) is 5.32 Å². The zero-order valence-corrected chi connectivity index (χ0v) is 15.0. The van der Waals surface area contributed by atoms with Gasteiger partial charge in [-0.05, 0) is 23.3 Å². The van der Waals surface area contributed by atoms with Gasteiger partial charge >= 0.3 is 0 Å². The van der Waals surface area contributed by atoms with Gasteiger partial charge in [-0.3, -0.25) is 4.79 Å². The lowest BCUT2D eigenvalue weighted by molar-refractivity contribution is -0.131. The molecule has 0 aromatic heterocycles. The third-order valence-electron chi connectivity index (χ3n) is 4.86. The molecule has 0 unspecified atom stereocenters. The minimum absolute atomic E-state index is 0.134. The predicted molar refractivity (Wildman–Crippen MR) is 110 cm³/mol. The van der Waals surface area contributed by atoms with E-state index in [0.29, 0.717) is 27.6 Å². The van der Waals surface area contributed by atoms with E-state index >= 15 is 0 Å². The maximum Gasteiger partial charge on any atom is 0.265 e.